The van der Waals surface area contributed by atoms with Crippen molar-refractivity contribution in [1.82, 2.24) is 9.88 Å². The molecule has 120 valence electrons. The molecule has 2 heterocycles. The molecular formula is C17H24N2O3. The van der Waals surface area contributed by atoms with Crippen molar-refractivity contribution in [2.24, 2.45) is 5.41 Å². The van der Waals surface area contributed by atoms with Crippen LogP contribution in [0.4, 0.5) is 0 Å². The first-order valence-corrected chi connectivity index (χ1v) is 8.09. The lowest BCUT2D eigenvalue weighted by Crippen LogP contribution is -2.62. The minimum Gasteiger partial charge on any atom is -0.392 e. The molecule has 1 aromatic heterocycles. The van der Waals surface area contributed by atoms with Crippen molar-refractivity contribution in [3.8, 4) is 0 Å². The zero-order valence-electron chi connectivity index (χ0n) is 13.3. The van der Waals surface area contributed by atoms with Crippen molar-refractivity contribution >= 4 is 5.91 Å². The van der Waals surface area contributed by atoms with Gasteiger partial charge in [-0.15, -0.1) is 0 Å². The minimum atomic E-state index is -0.293. The number of amides is 1. The number of nitrogens with zero attached hydrogens (tertiary/aromatic N) is 2. The number of hydrogen-bond donors (Lipinski definition) is 1. The second kappa shape index (κ2) is 5.97. The first-order valence-electron chi connectivity index (χ1n) is 8.09. The Morgan fingerprint density at radius 2 is 2.18 bits per heavy atom. The number of carbonyl (C=O) groups is 1. The molecule has 1 aliphatic carbocycles. The highest BCUT2D eigenvalue weighted by molar-refractivity contribution is 5.92. The number of aromatic nitrogens is 1. The van der Waals surface area contributed by atoms with Crippen molar-refractivity contribution in [3.05, 3.63) is 29.6 Å². The number of carbonyl (C=O) groups excluding carboxylic acids is 1. The smallest absolute Gasteiger partial charge is 0.272 e. The predicted octanol–water partition coefficient (Wildman–Crippen LogP) is 1.78. The van der Waals surface area contributed by atoms with Crippen LogP contribution in [0.3, 0.4) is 0 Å². The molecular weight excluding hydrogens is 280 g/mol. The van der Waals surface area contributed by atoms with Crippen LogP contribution < -0.4 is 0 Å². The van der Waals surface area contributed by atoms with E-state index in [1.807, 2.05) is 30.9 Å². The molecule has 1 aliphatic heterocycles. The van der Waals surface area contributed by atoms with Crippen molar-refractivity contribution in [1.29, 1.82) is 0 Å². The van der Waals surface area contributed by atoms with Gasteiger partial charge in [-0.2, -0.15) is 0 Å². The molecule has 5 nitrogen and oxygen atoms in total. The average Bonchev–Trinajstić information content (AvgIpc) is 2.54. The lowest BCUT2D eigenvalue weighted by atomic mass is 9.58. The van der Waals surface area contributed by atoms with Crippen LogP contribution in [0.25, 0.3) is 0 Å². The normalized spacial score (nSPS) is 26.8. The summed E-state index contributed by atoms with van der Waals surface area (Å²) in [7, 11) is 0. The molecule has 1 aromatic rings. The van der Waals surface area contributed by atoms with Gasteiger partial charge in [-0.25, -0.2) is 4.98 Å². The highest BCUT2D eigenvalue weighted by Gasteiger charge is 2.56. The number of piperidine rings is 1. The molecule has 2 fully saturated rings. The maximum atomic E-state index is 12.5. The van der Waals surface area contributed by atoms with Crippen molar-refractivity contribution in [2.75, 3.05) is 19.7 Å². The molecule has 0 radical (unpaired) electrons. The van der Waals surface area contributed by atoms with Gasteiger partial charge in [0.1, 0.15) is 5.69 Å². The number of hydrogen-bond acceptors (Lipinski definition) is 4. The van der Waals surface area contributed by atoms with Crippen LogP contribution in [-0.4, -0.2) is 52.8 Å². The van der Waals surface area contributed by atoms with Crippen molar-refractivity contribution in [3.63, 3.8) is 0 Å². The summed E-state index contributed by atoms with van der Waals surface area (Å²) in [4.78, 5) is 18.7. The Hall–Kier alpha value is -1.46. The van der Waals surface area contributed by atoms with E-state index in [9.17, 15) is 9.90 Å². The standard InChI is InChI=1S/C17H24N2O3/c1-3-22-15-11-14(20)17(15)7-9-19(10-8-17)16(21)13-6-4-5-12(2)18-13/h4-6,14-15,20H,3,7-11H2,1-2H3/t14-,15+/m0/s1. The van der Waals surface area contributed by atoms with E-state index in [-0.39, 0.29) is 23.5 Å². The molecule has 1 spiro atoms. The van der Waals surface area contributed by atoms with Gasteiger partial charge in [-0.3, -0.25) is 4.79 Å². The molecule has 0 bridgehead atoms. The van der Waals surface area contributed by atoms with E-state index >= 15 is 0 Å². The Balaban J connectivity index is 1.65. The van der Waals surface area contributed by atoms with Gasteiger partial charge in [0.05, 0.1) is 12.2 Å². The molecule has 1 N–H and O–H groups in total. The third-order valence-electron chi connectivity index (χ3n) is 5.20. The van der Waals surface area contributed by atoms with Gasteiger partial charge in [0.2, 0.25) is 0 Å². The molecule has 22 heavy (non-hydrogen) atoms. The molecule has 0 aromatic carbocycles. The Kier molecular flexibility index (Phi) is 4.19. The maximum Gasteiger partial charge on any atom is 0.272 e. The van der Waals surface area contributed by atoms with Gasteiger partial charge in [0, 0.05) is 37.2 Å². The van der Waals surface area contributed by atoms with Crippen molar-refractivity contribution in [2.45, 2.75) is 45.3 Å². The lowest BCUT2D eigenvalue weighted by Gasteiger charge is -2.56. The summed E-state index contributed by atoms with van der Waals surface area (Å²) in [5, 5.41) is 10.2. The van der Waals surface area contributed by atoms with E-state index in [1.54, 1.807) is 6.07 Å². The number of aryl methyl sites for hydroxylation is 1. The van der Waals surface area contributed by atoms with Crippen LogP contribution in [0.1, 0.15) is 42.4 Å². The highest BCUT2D eigenvalue weighted by Crippen LogP contribution is 2.51. The van der Waals surface area contributed by atoms with Crippen LogP contribution in [0.2, 0.25) is 0 Å². The fraction of sp³-hybridized carbons (Fsp3) is 0.647. The molecule has 0 unspecified atom stereocenters. The summed E-state index contributed by atoms with van der Waals surface area (Å²) >= 11 is 0. The summed E-state index contributed by atoms with van der Waals surface area (Å²) in [6.45, 7) is 5.87. The van der Waals surface area contributed by atoms with Crippen LogP contribution in [0.15, 0.2) is 18.2 Å². The van der Waals surface area contributed by atoms with E-state index < -0.39 is 0 Å². The molecule has 1 saturated heterocycles. The quantitative estimate of drug-likeness (QED) is 0.924. The largest absolute Gasteiger partial charge is 0.392 e. The number of aliphatic hydroxyl groups excluding tert-OH is 1. The second-order valence-corrected chi connectivity index (χ2v) is 6.39. The van der Waals surface area contributed by atoms with E-state index in [1.165, 1.54) is 0 Å². The van der Waals surface area contributed by atoms with Crippen LogP contribution in [0.5, 0.6) is 0 Å². The summed E-state index contributed by atoms with van der Waals surface area (Å²) in [6, 6.07) is 5.52. The van der Waals surface area contributed by atoms with Crippen LogP contribution in [-0.2, 0) is 4.74 Å². The van der Waals surface area contributed by atoms with Gasteiger partial charge in [0.15, 0.2) is 0 Å². The van der Waals surface area contributed by atoms with E-state index in [2.05, 4.69) is 4.98 Å². The molecule has 5 heteroatoms. The summed E-state index contributed by atoms with van der Waals surface area (Å²) in [5.74, 6) is -0.0136. The third-order valence-corrected chi connectivity index (χ3v) is 5.20. The van der Waals surface area contributed by atoms with Crippen LogP contribution in [0, 0.1) is 12.3 Å². The Morgan fingerprint density at radius 1 is 1.45 bits per heavy atom. The minimum absolute atomic E-state index is 0.0136. The van der Waals surface area contributed by atoms with Gasteiger partial charge >= 0.3 is 0 Å². The fourth-order valence-corrected chi connectivity index (χ4v) is 3.77. The maximum absolute atomic E-state index is 12.5. The SMILES string of the molecule is CCO[C@@H]1C[C@H](O)C12CCN(C(=O)c1cccc(C)n1)CC2. The van der Waals surface area contributed by atoms with E-state index in [0.717, 1.165) is 25.0 Å². The fourth-order valence-electron chi connectivity index (χ4n) is 3.77. The summed E-state index contributed by atoms with van der Waals surface area (Å²) < 4.78 is 5.76. The number of rotatable bonds is 3. The monoisotopic (exact) mass is 304 g/mol. The topological polar surface area (TPSA) is 62.7 Å². The van der Waals surface area contributed by atoms with Crippen LogP contribution >= 0.6 is 0 Å². The Morgan fingerprint density at radius 3 is 2.77 bits per heavy atom. The van der Waals surface area contributed by atoms with E-state index in [4.69, 9.17) is 4.74 Å². The number of ether oxygens (including phenoxy) is 1. The number of aliphatic hydroxyl groups is 1. The lowest BCUT2D eigenvalue weighted by molar-refractivity contribution is -0.207. The summed E-state index contributed by atoms with van der Waals surface area (Å²) in [6.07, 6.45) is 2.17. The highest BCUT2D eigenvalue weighted by atomic mass is 16.5. The molecule has 2 atom stereocenters. The first-order chi connectivity index (χ1) is 10.6. The Labute approximate surface area is 131 Å². The molecule has 2 aliphatic rings. The Bertz CT molecular complexity index is 551. The van der Waals surface area contributed by atoms with Gasteiger partial charge in [-0.05, 0) is 38.8 Å². The third kappa shape index (κ3) is 2.52. The average molecular weight is 304 g/mol. The second-order valence-electron chi connectivity index (χ2n) is 6.39. The molecule has 1 amide bonds. The van der Waals surface area contributed by atoms with Gasteiger partial charge < -0.3 is 14.7 Å². The predicted molar refractivity (Wildman–Crippen MR) is 82.6 cm³/mol. The first kappa shape index (κ1) is 15.4. The molecule has 1 saturated carbocycles. The number of likely N-dealkylation sites (tertiary alicyclic amines) is 1. The van der Waals surface area contributed by atoms with Crippen molar-refractivity contribution < 1.29 is 14.6 Å². The zero-order valence-corrected chi connectivity index (χ0v) is 13.3. The summed E-state index contributed by atoms with van der Waals surface area (Å²) in [5.41, 5.74) is 1.21. The van der Waals surface area contributed by atoms with Gasteiger partial charge in [0.25, 0.3) is 5.91 Å². The molecule has 3 rings (SSSR count). The van der Waals surface area contributed by atoms with E-state index in [0.29, 0.717) is 25.4 Å². The van der Waals surface area contributed by atoms with Gasteiger partial charge in [-0.1, -0.05) is 6.07 Å². The zero-order chi connectivity index (χ0) is 15.7. The number of pyridine rings is 1.